The lowest BCUT2D eigenvalue weighted by molar-refractivity contribution is 0.985. The molecule has 0 saturated heterocycles. The van der Waals surface area contributed by atoms with E-state index < -0.39 is 0 Å². The van der Waals surface area contributed by atoms with Crippen LogP contribution in [0.2, 0.25) is 5.02 Å². The zero-order chi connectivity index (χ0) is 15.6. The van der Waals surface area contributed by atoms with E-state index in [2.05, 4.69) is 0 Å². The fraction of sp³-hybridized carbons (Fsp3) is 0.125. The second-order valence-electron chi connectivity index (χ2n) is 4.79. The van der Waals surface area contributed by atoms with Crippen LogP contribution in [-0.2, 0) is 0 Å². The maximum Gasteiger partial charge on any atom is 0.255 e. The van der Waals surface area contributed by atoms with Crippen LogP contribution in [0.25, 0.3) is 11.3 Å². The largest absolute Gasteiger partial charge is 0.402 e. The molecule has 0 bridgehead atoms. The molecule has 3 N–H and O–H groups in total. The van der Waals surface area contributed by atoms with Crippen LogP contribution in [-0.4, -0.2) is 10.3 Å². The van der Waals surface area contributed by atoms with Gasteiger partial charge in [-0.05, 0) is 44.2 Å². The maximum absolute atomic E-state index is 12.0. The van der Waals surface area contributed by atoms with Crippen molar-refractivity contribution in [1.29, 1.82) is 5.41 Å². The van der Waals surface area contributed by atoms with E-state index in [1.807, 2.05) is 0 Å². The molecular formula is C16H16ClN3O. The number of halogens is 1. The number of rotatable bonds is 3. The van der Waals surface area contributed by atoms with Gasteiger partial charge in [0, 0.05) is 45.5 Å². The molecule has 0 fully saturated rings. The molecule has 1 heterocycles. The van der Waals surface area contributed by atoms with Gasteiger partial charge in [0.1, 0.15) is 0 Å². The first-order valence-corrected chi connectivity index (χ1v) is 6.79. The molecule has 0 saturated carbocycles. The molecule has 0 aliphatic rings. The highest BCUT2D eigenvalue weighted by molar-refractivity contribution is 6.30. The van der Waals surface area contributed by atoms with Gasteiger partial charge in [0.05, 0.1) is 0 Å². The molecule has 0 amide bonds. The van der Waals surface area contributed by atoms with Crippen LogP contribution in [0.4, 0.5) is 0 Å². The molecule has 1 aromatic carbocycles. The van der Waals surface area contributed by atoms with E-state index in [0.717, 1.165) is 5.56 Å². The van der Waals surface area contributed by atoms with Gasteiger partial charge in [0.2, 0.25) is 0 Å². The van der Waals surface area contributed by atoms with Crippen molar-refractivity contribution in [3.8, 4) is 5.69 Å². The second-order valence-corrected chi connectivity index (χ2v) is 5.22. The molecule has 1 aromatic heterocycles. The summed E-state index contributed by atoms with van der Waals surface area (Å²) in [5.41, 5.74) is 8.68. The Balaban J connectivity index is 2.62. The van der Waals surface area contributed by atoms with Gasteiger partial charge in [-0.15, -0.1) is 0 Å². The summed E-state index contributed by atoms with van der Waals surface area (Å²) in [4.78, 5) is 12.0. The Bertz CT molecular complexity index is 769. The SMILES string of the molecule is CC(=N)/C(=C(/C)N)c1ccc(=O)n(-c2ccc(Cl)cc2)c1. The first kappa shape index (κ1) is 15.1. The lowest BCUT2D eigenvalue weighted by Crippen LogP contribution is -2.18. The lowest BCUT2D eigenvalue weighted by atomic mass is 10.0. The summed E-state index contributed by atoms with van der Waals surface area (Å²) >= 11 is 5.86. The minimum atomic E-state index is -0.155. The van der Waals surface area contributed by atoms with Gasteiger partial charge in [-0.3, -0.25) is 9.36 Å². The number of allylic oxidation sites excluding steroid dienone is 2. The summed E-state index contributed by atoms with van der Waals surface area (Å²) in [6.45, 7) is 3.41. The van der Waals surface area contributed by atoms with E-state index in [1.165, 1.54) is 10.6 Å². The lowest BCUT2D eigenvalue weighted by Gasteiger charge is -2.12. The van der Waals surface area contributed by atoms with Gasteiger partial charge < -0.3 is 11.1 Å². The molecule has 0 aliphatic carbocycles. The first-order valence-electron chi connectivity index (χ1n) is 6.41. The first-order chi connectivity index (χ1) is 9.90. The molecule has 0 aliphatic heterocycles. The third kappa shape index (κ3) is 3.23. The Morgan fingerprint density at radius 1 is 1.14 bits per heavy atom. The van der Waals surface area contributed by atoms with Crippen molar-refractivity contribution >= 4 is 22.9 Å². The molecule has 5 heteroatoms. The minimum absolute atomic E-state index is 0.155. The quantitative estimate of drug-likeness (QED) is 0.854. The molecule has 108 valence electrons. The fourth-order valence-electron chi connectivity index (χ4n) is 2.18. The Kier molecular flexibility index (Phi) is 4.29. The Morgan fingerprint density at radius 2 is 1.76 bits per heavy atom. The molecule has 0 unspecified atom stereocenters. The zero-order valence-corrected chi connectivity index (χ0v) is 12.6. The smallest absolute Gasteiger partial charge is 0.255 e. The van der Waals surface area contributed by atoms with E-state index in [1.54, 1.807) is 50.4 Å². The van der Waals surface area contributed by atoms with Crippen LogP contribution in [0.3, 0.4) is 0 Å². The van der Waals surface area contributed by atoms with Gasteiger partial charge in [-0.1, -0.05) is 11.6 Å². The van der Waals surface area contributed by atoms with Gasteiger partial charge in [0.25, 0.3) is 5.56 Å². The van der Waals surface area contributed by atoms with E-state index in [0.29, 0.717) is 27.7 Å². The van der Waals surface area contributed by atoms with Crippen molar-refractivity contribution < 1.29 is 0 Å². The molecule has 0 spiro atoms. The van der Waals surface area contributed by atoms with Crippen LogP contribution in [0.5, 0.6) is 0 Å². The van der Waals surface area contributed by atoms with Crippen LogP contribution >= 0.6 is 11.6 Å². The monoisotopic (exact) mass is 301 g/mol. The van der Waals surface area contributed by atoms with Gasteiger partial charge in [0.15, 0.2) is 0 Å². The minimum Gasteiger partial charge on any atom is -0.402 e. The molecule has 21 heavy (non-hydrogen) atoms. The number of nitrogens with zero attached hydrogens (tertiary/aromatic N) is 1. The van der Waals surface area contributed by atoms with Gasteiger partial charge in [-0.25, -0.2) is 0 Å². The third-order valence-corrected chi connectivity index (χ3v) is 3.33. The van der Waals surface area contributed by atoms with E-state index in [4.69, 9.17) is 22.7 Å². The number of nitrogens with one attached hydrogen (secondary N) is 1. The highest BCUT2D eigenvalue weighted by Crippen LogP contribution is 2.18. The van der Waals surface area contributed by atoms with Crippen molar-refractivity contribution in [3.05, 3.63) is 69.2 Å². The number of hydrogen-bond acceptors (Lipinski definition) is 3. The van der Waals surface area contributed by atoms with E-state index in [-0.39, 0.29) is 5.56 Å². The molecule has 2 aromatic rings. The number of nitrogens with two attached hydrogens (primary N) is 1. The topological polar surface area (TPSA) is 71.9 Å². The number of benzene rings is 1. The van der Waals surface area contributed by atoms with Crippen LogP contribution in [0.1, 0.15) is 19.4 Å². The molecule has 4 nitrogen and oxygen atoms in total. The van der Waals surface area contributed by atoms with Gasteiger partial charge >= 0.3 is 0 Å². The van der Waals surface area contributed by atoms with Crippen molar-refractivity contribution in [2.45, 2.75) is 13.8 Å². The average molecular weight is 302 g/mol. The van der Waals surface area contributed by atoms with E-state index >= 15 is 0 Å². The summed E-state index contributed by atoms with van der Waals surface area (Å²) in [6.07, 6.45) is 1.69. The normalized spacial score (nSPS) is 12.0. The highest BCUT2D eigenvalue weighted by atomic mass is 35.5. The predicted molar refractivity (Wildman–Crippen MR) is 87.2 cm³/mol. The maximum atomic E-state index is 12.0. The summed E-state index contributed by atoms with van der Waals surface area (Å²) in [6, 6.07) is 10.1. The Labute approximate surface area is 128 Å². The Morgan fingerprint density at radius 3 is 2.29 bits per heavy atom. The standard InChI is InChI=1S/C16H16ClN3O/c1-10(18)16(11(2)19)12-3-8-15(21)20(9-12)14-6-4-13(17)5-7-14/h3-9,18H,19H2,1-2H3/b16-11+,18-10?. The predicted octanol–water partition coefficient (Wildman–Crippen LogP) is 3.22. The van der Waals surface area contributed by atoms with Crippen molar-refractivity contribution in [2.75, 3.05) is 0 Å². The van der Waals surface area contributed by atoms with Crippen molar-refractivity contribution in [1.82, 2.24) is 4.57 Å². The Hall–Kier alpha value is -2.33. The summed E-state index contributed by atoms with van der Waals surface area (Å²) in [5.74, 6) is 0. The van der Waals surface area contributed by atoms with Crippen molar-refractivity contribution in [3.63, 3.8) is 0 Å². The van der Waals surface area contributed by atoms with Crippen LogP contribution in [0.15, 0.2) is 53.1 Å². The summed E-state index contributed by atoms with van der Waals surface area (Å²) < 4.78 is 1.51. The second kappa shape index (κ2) is 5.97. The fourth-order valence-corrected chi connectivity index (χ4v) is 2.30. The number of pyridine rings is 1. The number of hydrogen-bond donors (Lipinski definition) is 2. The van der Waals surface area contributed by atoms with Crippen LogP contribution in [0, 0.1) is 5.41 Å². The molecule has 2 rings (SSSR count). The van der Waals surface area contributed by atoms with Crippen LogP contribution < -0.4 is 11.3 Å². The average Bonchev–Trinajstić information content (AvgIpc) is 2.41. The van der Waals surface area contributed by atoms with E-state index in [9.17, 15) is 4.79 Å². The highest BCUT2D eigenvalue weighted by Gasteiger charge is 2.09. The van der Waals surface area contributed by atoms with Crippen molar-refractivity contribution in [2.24, 2.45) is 5.73 Å². The summed E-state index contributed by atoms with van der Waals surface area (Å²) in [5, 5.41) is 8.44. The number of aromatic nitrogens is 1. The molecule has 0 radical (unpaired) electrons. The molecular weight excluding hydrogens is 286 g/mol. The third-order valence-electron chi connectivity index (χ3n) is 3.07. The molecule has 0 atom stereocenters. The summed E-state index contributed by atoms with van der Waals surface area (Å²) in [7, 11) is 0. The zero-order valence-electron chi connectivity index (χ0n) is 11.9. The van der Waals surface area contributed by atoms with Gasteiger partial charge in [-0.2, -0.15) is 0 Å².